The van der Waals surface area contributed by atoms with E-state index in [0.29, 0.717) is 11.0 Å². The second-order valence-electron chi connectivity index (χ2n) is 5.58. The first-order chi connectivity index (χ1) is 12.0. The second kappa shape index (κ2) is 8.84. The molecule has 0 aliphatic heterocycles. The van der Waals surface area contributed by atoms with Gasteiger partial charge in [0, 0.05) is 31.2 Å². The molecule has 0 radical (unpaired) electrons. The van der Waals surface area contributed by atoms with E-state index >= 15 is 0 Å². The predicted octanol–water partition coefficient (Wildman–Crippen LogP) is 4.41. The maximum absolute atomic E-state index is 8.42. The SMILES string of the molecule is CCCN(C)c1c(OC)cc(N=Nc2nc(COO)ns2)c(C)c1C. The van der Waals surface area contributed by atoms with Crippen molar-refractivity contribution in [3.05, 3.63) is 23.0 Å². The molecule has 136 valence electrons. The van der Waals surface area contributed by atoms with Gasteiger partial charge in [0.25, 0.3) is 0 Å². The van der Waals surface area contributed by atoms with Gasteiger partial charge in [-0.05, 0) is 31.4 Å². The normalized spacial score (nSPS) is 11.3. The van der Waals surface area contributed by atoms with Gasteiger partial charge in [-0.15, -0.1) is 10.2 Å². The van der Waals surface area contributed by atoms with Gasteiger partial charge in [-0.3, -0.25) is 5.26 Å². The Bertz CT molecular complexity index is 748. The molecule has 0 saturated carbocycles. The highest BCUT2D eigenvalue weighted by Crippen LogP contribution is 2.39. The van der Waals surface area contributed by atoms with Crippen molar-refractivity contribution in [1.82, 2.24) is 9.36 Å². The fourth-order valence-electron chi connectivity index (χ4n) is 2.53. The van der Waals surface area contributed by atoms with Crippen LogP contribution < -0.4 is 9.64 Å². The maximum Gasteiger partial charge on any atom is 0.249 e. The molecule has 0 spiro atoms. The topological polar surface area (TPSA) is 92.4 Å². The molecule has 1 N–H and O–H groups in total. The molecule has 8 nitrogen and oxygen atoms in total. The average Bonchev–Trinajstić information content (AvgIpc) is 3.04. The van der Waals surface area contributed by atoms with Crippen molar-refractivity contribution in [3.63, 3.8) is 0 Å². The summed E-state index contributed by atoms with van der Waals surface area (Å²) in [5.41, 5.74) is 3.93. The Balaban J connectivity index is 2.34. The Morgan fingerprint density at radius 3 is 2.68 bits per heavy atom. The van der Waals surface area contributed by atoms with Crippen LogP contribution in [0.15, 0.2) is 16.3 Å². The maximum atomic E-state index is 8.42. The van der Waals surface area contributed by atoms with Crippen LogP contribution in [0.1, 0.15) is 30.3 Å². The summed E-state index contributed by atoms with van der Waals surface area (Å²) in [4.78, 5) is 10.3. The van der Waals surface area contributed by atoms with Crippen LogP contribution in [0.5, 0.6) is 5.75 Å². The molecule has 0 fully saturated rings. The van der Waals surface area contributed by atoms with E-state index in [0.717, 1.165) is 52.7 Å². The van der Waals surface area contributed by atoms with Crippen LogP contribution in [0.2, 0.25) is 0 Å². The Labute approximate surface area is 151 Å². The Hall–Kier alpha value is -2.10. The number of hydrogen-bond donors (Lipinski definition) is 1. The van der Waals surface area contributed by atoms with Gasteiger partial charge in [0.2, 0.25) is 5.13 Å². The zero-order valence-corrected chi connectivity index (χ0v) is 15.9. The zero-order valence-electron chi connectivity index (χ0n) is 15.1. The minimum Gasteiger partial charge on any atom is -0.494 e. The van der Waals surface area contributed by atoms with Gasteiger partial charge in [0.1, 0.15) is 12.4 Å². The monoisotopic (exact) mass is 365 g/mol. The molecular weight excluding hydrogens is 342 g/mol. The van der Waals surface area contributed by atoms with Crippen molar-refractivity contribution in [2.45, 2.75) is 33.8 Å². The van der Waals surface area contributed by atoms with Crippen LogP contribution in [0, 0.1) is 13.8 Å². The lowest BCUT2D eigenvalue weighted by atomic mass is 10.0. The molecule has 0 saturated heterocycles. The van der Waals surface area contributed by atoms with Crippen molar-refractivity contribution in [3.8, 4) is 5.75 Å². The third kappa shape index (κ3) is 4.50. The lowest BCUT2D eigenvalue weighted by molar-refractivity contribution is -0.254. The smallest absolute Gasteiger partial charge is 0.249 e. The molecule has 0 atom stereocenters. The number of methoxy groups -OCH3 is 1. The summed E-state index contributed by atoms with van der Waals surface area (Å²) in [6.45, 7) is 7.08. The molecule has 1 aromatic heterocycles. The summed E-state index contributed by atoms with van der Waals surface area (Å²) in [5.74, 6) is 1.13. The quantitative estimate of drug-likeness (QED) is 0.423. The van der Waals surface area contributed by atoms with Crippen molar-refractivity contribution in [2.24, 2.45) is 10.2 Å². The third-order valence-electron chi connectivity index (χ3n) is 3.86. The highest BCUT2D eigenvalue weighted by Gasteiger charge is 2.16. The number of hydrogen-bond acceptors (Lipinski definition) is 9. The molecule has 9 heteroatoms. The fourth-order valence-corrected chi connectivity index (χ4v) is 3.04. The lowest BCUT2D eigenvalue weighted by Gasteiger charge is -2.25. The summed E-state index contributed by atoms with van der Waals surface area (Å²) < 4.78 is 9.57. The fraction of sp³-hybridized carbons (Fsp3) is 0.500. The molecule has 25 heavy (non-hydrogen) atoms. The van der Waals surface area contributed by atoms with E-state index in [1.165, 1.54) is 0 Å². The second-order valence-corrected chi connectivity index (χ2v) is 6.32. The molecular formula is C16H23N5O3S. The standard InChI is InChI=1S/C16H23N5O3S/c1-6-7-21(4)15-11(3)10(2)12(8-13(15)23-5)18-19-16-17-14(9-24-22)20-25-16/h8,22H,6-7,9H2,1-5H3. The molecule has 0 aliphatic rings. The summed E-state index contributed by atoms with van der Waals surface area (Å²) in [6, 6.07) is 1.88. The highest BCUT2D eigenvalue weighted by molar-refractivity contribution is 7.09. The minimum atomic E-state index is -0.0730. The van der Waals surface area contributed by atoms with Gasteiger partial charge < -0.3 is 9.64 Å². The van der Waals surface area contributed by atoms with Crippen molar-refractivity contribution in [2.75, 3.05) is 25.6 Å². The van der Waals surface area contributed by atoms with Crippen molar-refractivity contribution >= 4 is 28.0 Å². The van der Waals surface area contributed by atoms with E-state index in [1.54, 1.807) is 7.11 Å². The molecule has 0 aliphatic carbocycles. The summed E-state index contributed by atoms with van der Waals surface area (Å²) in [6.07, 6.45) is 1.05. The van der Waals surface area contributed by atoms with Crippen LogP contribution in [0.25, 0.3) is 0 Å². The van der Waals surface area contributed by atoms with E-state index < -0.39 is 0 Å². The Morgan fingerprint density at radius 1 is 1.28 bits per heavy atom. The summed E-state index contributed by atoms with van der Waals surface area (Å²) >= 11 is 1.09. The van der Waals surface area contributed by atoms with Crippen LogP contribution in [0.3, 0.4) is 0 Å². The predicted molar refractivity (Wildman–Crippen MR) is 97.5 cm³/mol. The van der Waals surface area contributed by atoms with E-state index in [9.17, 15) is 0 Å². The van der Waals surface area contributed by atoms with Crippen LogP contribution in [-0.4, -0.2) is 35.3 Å². The van der Waals surface area contributed by atoms with Crippen LogP contribution in [0.4, 0.5) is 16.5 Å². The molecule has 2 aromatic rings. The molecule has 1 heterocycles. The van der Waals surface area contributed by atoms with E-state index in [2.05, 4.69) is 50.3 Å². The highest BCUT2D eigenvalue weighted by atomic mass is 32.1. The summed E-state index contributed by atoms with van der Waals surface area (Å²) in [5, 5.41) is 17.2. The van der Waals surface area contributed by atoms with E-state index in [1.807, 2.05) is 13.0 Å². The average molecular weight is 365 g/mol. The first-order valence-corrected chi connectivity index (χ1v) is 8.69. The molecule has 0 bridgehead atoms. The first-order valence-electron chi connectivity index (χ1n) is 7.91. The van der Waals surface area contributed by atoms with Gasteiger partial charge in [-0.25, -0.2) is 4.89 Å². The molecule has 2 rings (SSSR count). The van der Waals surface area contributed by atoms with Crippen LogP contribution >= 0.6 is 11.5 Å². The molecule has 0 amide bonds. The Morgan fingerprint density at radius 2 is 2.04 bits per heavy atom. The first kappa shape index (κ1) is 19.2. The number of azo groups is 1. The lowest BCUT2D eigenvalue weighted by Crippen LogP contribution is -2.20. The van der Waals surface area contributed by atoms with Crippen LogP contribution in [-0.2, 0) is 11.5 Å². The number of aromatic nitrogens is 2. The number of anilines is 1. The Kier molecular flexibility index (Phi) is 6.80. The van der Waals surface area contributed by atoms with E-state index in [-0.39, 0.29) is 6.61 Å². The van der Waals surface area contributed by atoms with Crippen molar-refractivity contribution < 1.29 is 14.9 Å². The van der Waals surface area contributed by atoms with Crippen molar-refractivity contribution in [1.29, 1.82) is 0 Å². The van der Waals surface area contributed by atoms with Gasteiger partial charge in [0.05, 0.1) is 18.5 Å². The number of ether oxygens (including phenoxy) is 1. The summed E-state index contributed by atoms with van der Waals surface area (Å²) in [7, 11) is 3.71. The zero-order chi connectivity index (χ0) is 18.4. The van der Waals surface area contributed by atoms with E-state index in [4.69, 9.17) is 9.99 Å². The largest absolute Gasteiger partial charge is 0.494 e. The van der Waals surface area contributed by atoms with Gasteiger partial charge in [-0.1, -0.05) is 6.92 Å². The molecule has 1 aromatic carbocycles. The van der Waals surface area contributed by atoms with Gasteiger partial charge in [-0.2, -0.15) is 9.36 Å². The number of benzene rings is 1. The third-order valence-corrected chi connectivity index (χ3v) is 4.50. The number of rotatable bonds is 8. The minimum absolute atomic E-state index is 0.0730. The molecule has 0 unspecified atom stereocenters. The van der Waals surface area contributed by atoms with Gasteiger partial charge in [0.15, 0.2) is 5.82 Å². The number of nitrogens with zero attached hydrogens (tertiary/aromatic N) is 5. The van der Waals surface area contributed by atoms with Gasteiger partial charge >= 0.3 is 0 Å².